The predicted molar refractivity (Wildman–Crippen MR) is 118 cm³/mol. The molecule has 2 aromatic carbocycles. The molecule has 1 saturated heterocycles. The molecule has 2 spiro atoms. The van der Waals surface area contributed by atoms with Crippen LogP contribution in [0.15, 0.2) is 36.4 Å². The Hall–Kier alpha value is -2.15. The van der Waals surface area contributed by atoms with Crippen LogP contribution in [0.5, 0.6) is 0 Å². The highest BCUT2D eigenvalue weighted by Crippen LogP contribution is 2.62. The van der Waals surface area contributed by atoms with Crippen molar-refractivity contribution in [2.75, 3.05) is 5.32 Å². The maximum atomic E-state index is 15.4. The van der Waals surface area contributed by atoms with Gasteiger partial charge in [-0.05, 0) is 42.2 Å². The Bertz CT molecular complexity index is 1100. The van der Waals surface area contributed by atoms with Crippen molar-refractivity contribution in [3.05, 3.63) is 63.4 Å². The van der Waals surface area contributed by atoms with Crippen LogP contribution in [0.3, 0.4) is 0 Å². The SMILES string of the molecule is NC(=O)[C@@H]1NC2(CCCCC2)[C@@]2(C(=O)Nc3cc(Cl)ccc32)[C@H]1c1cccc(Cl)c1F. The van der Waals surface area contributed by atoms with Gasteiger partial charge in [0, 0.05) is 22.2 Å². The number of anilines is 1. The standard InChI is InChI=1S/C23H22Cl2FN3O2/c24-12-7-8-14-16(11-12)28-21(31)23(14)17(13-5-4-6-15(25)18(13)26)19(20(27)30)29-22(23)9-2-1-3-10-22/h4-8,11,17,19,29H,1-3,9-10H2,(H2,27,30)(H,28,31)/t17-,19+,23+/m0/s1. The molecule has 2 heterocycles. The summed E-state index contributed by atoms with van der Waals surface area (Å²) in [6.45, 7) is 0. The normalized spacial score (nSPS) is 28.7. The molecule has 31 heavy (non-hydrogen) atoms. The topological polar surface area (TPSA) is 84.2 Å². The minimum atomic E-state index is -1.22. The van der Waals surface area contributed by atoms with Gasteiger partial charge >= 0.3 is 0 Å². The van der Waals surface area contributed by atoms with Crippen molar-refractivity contribution < 1.29 is 14.0 Å². The molecule has 0 radical (unpaired) electrons. The fourth-order valence-corrected chi connectivity index (χ4v) is 6.59. The minimum absolute atomic E-state index is 0.0600. The van der Waals surface area contributed by atoms with E-state index in [9.17, 15) is 9.59 Å². The average molecular weight is 462 g/mol. The number of carbonyl (C=O) groups excluding carboxylic acids is 2. The molecule has 2 aromatic rings. The number of rotatable bonds is 2. The van der Waals surface area contributed by atoms with E-state index in [-0.39, 0.29) is 16.5 Å². The van der Waals surface area contributed by atoms with E-state index < -0.39 is 34.6 Å². The van der Waals surface area contributed by atoms with Crippen LogP contribution < -0.4 is 16.4 Å². The van der Waals surface area contributed by atoms with Gasteiger partial charge < -0.3 is 11.1 Å². The fraction of sp³-hybridized carbons (Fsp3) is 0.391. The Morgan fingerprint density at radius 1 is 1.13 bits per heavy atom. The van der Waals surface area contributed by atoms with Gasteiger partial charge in [0.05, 0.1) is 11.1 Å². The van der Waals surface area contributed by atoms with E-state index in [1.54, 1.807) is 24.3 Å². The van der Waals surface area contributed by atoms with Crippen LogP contribution in [-0.4, -0.2) is 23.4 Å². The number of carbonyl (C=O) groups is 2. The summed E-state index contributed by atoms with van der Waals surface area (Å²) >= 11 is 12.3. The highest BCUT2D eigenvalue weighted by atomic mass is 35.5. The number of nitrogens with two attached hydrogens (primary N) is 1. The minimum Gasteiger partial charge on any atom is -0.368 e. The third-order valence-corrected chi connectivity index (χ3v) is 7.86. The Balaban J connectivity index is 1.86. The molecule has 162 valence electrons. The van der Waals surface area contributed by atoms with Crippen molar-refractivity contribution in [3.8, 4) is 0 Å². The van der Waals surface area contributed by atoms with E-state index in [1.165, 1.54) is 6.07 Å². The highest BCUT2D eigenvalue weighted by Gasteiger charge is 2.72. The van der Waals surface area contributed by atoms with E-state index >= 15 is 4.39 Å². The van der Waals surface area contributed by atoms with Gasteiger partial charge in [-0.1, -0.05) is 60.7 Å². The number of halogens is 3. The zero-order chi connectivity index (χ0) is 22.0. The van der Waals surface area contributed by atoms with Crippen LogP contribution in [0.2, 0.25) is 10.0 Å². The summed E-state index contributed by atoms with van der Waals surface area (Å²) in [4.78, 5) is 26.6. The molecule has 0 bridgehead atoms. The van der Waals surface area contributed by atoms with Crippen LogP contribution in [0, 0.1) is 5.82 Å². The first-order chi connectivity index (χ1) is 14.8. The van der Waals surface area contributed by atoms with Crippen LogP contribution >= 0.6 is 23.2 Å². The summed E-state index contributed by atoms with van der Waals surface area (Å²) in [6, 6.07) is 8.98. The number of amides is 2. The van der Waals surface area contributed by atoms with Gasteiger partial charge in [0.15, 0.2) is 0 Å². The smallest absolute Gasteiger partial charge is 0.237 e. The molecule has 0 aromatic heterocycles. The second-order valence-electron chi connectivity index (χ2n) is 8.74. The molecule has 3 aliphatic rings. The zero-order valence-electron chi connectivity index (χ0n) is 16.7. The third-order valence-electron chi connectivity index (χ3n) is 7.33. The number of benzene rings is 2. The van der Waals surface area contributed by atoms with Crippen LogP contribution in [-0.2, 0) is 15.0 Å². The van der Waals surface area contributed by atoms with E-state index in [2.05, 4.69) is 10.6 Å². The summed E-state index contributed by atoms with van der Waals surface area (Å²) in [5.74, 6) is -2.39. The second-order valence-corrected chi connectivity index (χ2v) is 9.58. The van der Waals surface area contributed by atoms with Crippen molar-refractivity contribution in [2.24, 2.45) is 5.73 Å². The zero-order valence-corrected chi connectivity index (χ0v) is 18.2. The molecule has 5 rings (SSSR count). The monoisotopic (exact) mass is 461 g/mol. The van der Waals surface area contributed by atoms with E-state index in [4.69, 9.17) is 28.9 Å². The summed E-state index contributed by atoms with van der Waals surface area (Å²) in [6.07, 6.45) is 4.16. The number of primary amides is 1. The lowest BCUT2D eigenvalue weighted by Gasteiger charge is -2.47. The van der Waals surface area contributed by atoms with Gasteiger partial charge in [-0.25, -0.2) is 4.39 Å². The Morgan fingerprint density at radius 2 is 1.87 bits per heavy atom. The number of hydrogen-bond acceptors (Lipinski definition) is 3. The number of hydrogen-bond donors (Lipinski definition) is 3. The van der Waals surface area contributed by atoms with Crippen LogP contribution in [0.4, 0.5) is 10.1 Å². The van der Waals surface area contributed by atoms with Gasteiger partial charge in [0.1, 0.15) is 11.2 Å². The lowest BCUT2D eigenvalue weighted by atomic mass is 9.55. The molecule has 2 aliphatic heterocycles. The van der Waals surface area contributed by atoms with Crippen LogP contribution in [0.1, 0.15) is 49.1 Å². The molecular formula is C23H22Cl2FN3O2. The lowest BCUT2D eigenvalue weighted by molar-refractivity contribution is -0.124. The van der Waals surface area contributed by atoms with Crippen LogP contribution in [0.25, 0.3) is 0 Å². The fourth-order valence-electron chi connectivity index (χ4n) is 6.24. The summed E-state index contributed by atoms with van der Waals surface area (Å²) in [5, 5.41) is 6.83. The van der Waals surface area contributed by atoms with Gasteiger partial charge in [-0.3, -0.25) is 14.9 Å². The first-order valence-corrected chi connectivity index (χ1v) is 11.2. The molecule has 3 atom stereocenters. The predicted octanol–water partition coefficient (Wildman–Crippen LogP) is 4.27. The first kappa shape index (κ1) is 20.7. The molecule has 2 amide bonds. The maximum Gasteiger partial charge on any atom is 0.237 e. The van der Waals surface area contributed by atoms with Crippen molar-refractivity contribution >= 4 is 40.7 Å². The second kappa shape index (κ2) is 7.19. The van der Waals surface area contributed by atoms with E-state index in [0.717, 1.165) is 19.3 Å². The van der Waals surface area contributed by atoms with Gasteiger partial charge in [-0.15, -0.1) is 0 Å². The molecule has 8 heteroatoms. The molecular weight excluding hydrogens is 440 g/mol. The molecule has 5 nitrogen and oxygen atoms in total. The molecule has 4 N–H and O–H groups in total. The van der Waals surface area contributed by atoms with E-state index in [1.807, 2.05) is 6.07 Å². The Morgan fingerprint density at radius 3 is 2.58 bits per heavy atom. The van der Waals surface area contributed by atoms with Crippen molar-refractivity contribution in [1.82, 2.24) is 5.32 Å². The average Bonchev–Trinajstić information content (AvgIpc) is 3.18. The van der Waals surface area contributed by atoms with Gasteiger partial charge in [-0.2, -0.15) is 0 Å². The lowest BCUT2D eigenvalue weighted by Crippen LogP contribution is -2.60. The highest BCUT2D eigenvalue weighted by molar-refractivity contribution is 6.31. The third kappa shape index (κ3) is 2.71. The van der Waals surface area contributed by atoms with Crippen molar-refractivity contribution in [3.63, 3.8) is 0 Å². The molecule has 1 saturated carbocycles. The summed E-state index contributed by atoms with van der Waals surface area (Å²) in [7, 11) is 0. The quantitative estimate of drug-likeness (QED) is 0.624. The Kier molecular flexibility index (Phi) is 4.81. The van der Waals surface area contributed by atoms with Crippen molar-refractivity contribution in [1.29, 1.82) is 0 Å². The molecule has 2 fully saturated rings. The first-order valence-electron chi connectivity index (χ1n) is 10.4. The number of nitrogens with one attached hydrogen (secondary N) is 2. The maximum absolute atomic E-state index is 15.4. The van der Waals surface area contributed by atoms with Crippen molar-refractivity contribution in [2.45, 2.75) is 55.0 Å². The van der Waals surface area contributed by atoms with E-state index in [0.29, 0.717) is 29.1 Å². The number of fused-ring (bicyclic) bond motifs is 3. The Labute approximate surface area is 189 Å². The summed E-state index contributed by atoms with van der Waals surface area (Å²) in [5.41, 5.74) is 5.38. The summed E-state index contributed by atoms with van der Waals surface area (Å²) < 4.78 is 15.4. The van der Waals surface area contributed by atoms with Gasteiger partial charge in [0.25, 0.3) is 0 Å². The van der Waals surface area contributed by atoms with Gasteiger partial charge in [0.2, 0.25) is 11.8 Å². The molecule has 1 aliphatic carbocycles. The largest absolute Gasteiger partial charge is 0.368 e. The molecule has 0 unspecified atom stereocenters.